The largest absolute Gasteiger partial charge is 0.399 e. The maximum atomic E-state index is 5.83. The van der Waals surface area contributed by atoms with Gasteiger partial charge in [0.05, 0.1) is 24.2 Å². The minimum Gasteiger partial charge on any atom is -0.399 e. The Morgan fingerprint density at radius 2 is 1.07 bits per heavy atom. The van der Waals surface area contributed by atoms with Gasteiger partial charge in [-0.05, 0) is 59.0 Å². The minimum atomic E-state index is 0.564. The van der Waals surface area contributed by atoms with Gasteiger partial charge in [0.1, 0.15) is 0 Å². The van der Waals surface area contributed by atoms with E-state index in [1.807, 2.05) is 66.9 Å². The van der Waals surface area contributed by atoms with E-state index in [1.165, 1.54) is 5.56 Å². The van der Waals surface area contributed by atoms with Gasteiger partial charge in [0.25, 0.3) is 0 Å². The number of aliphatic imine (C=N–C) groups is 2. The molecule has 0 amide bonds. The number of aryl methyl sites for hydroxylation is 1. The lowest BCUT2D eigenvalue weighted by Crippen LogP contribution is -2.03. The first-order chi connectivity index (χ1) is 20.1. The van der Waals surface area contributed by atoms with Crippen LogP contribution in [0, 0.1) is 6.92 Å². The number of rotatable bonds is 7. The van der Waals surface area contributed by atoms with Crippen LogP contribution in [0.15, 0.2) is 162 Å². The molecule has 0 bridgehead atoms. The maximum absolute atomic E-state index is 5.83. The molecular weight excluding hydrogens is 498 g/mol. The van der Waals surface area contributed by atoms with Gasteiger partial charge < -0.3 is 5.73 Å². The van der Waals surface area contributed by atoms with E-state index in [1.54, 1.807) is 0 Å². The third-order valence-electron chi connectivity index (χ3n) is 6.73. The molecule has 0 fully saturated rings. The Kier molecular flexibility index (Phi) is 9.11. The number of hydrogen-bond acceptors (Lipinski definition) is 3. The molecule has 5 aromatic carbocycles. The summed E-state index contributed by atoms with van der Waals surface area (Å²) < 4.78 is 0. The van der Waals surface area contributed by atoms with Gasteiger partial charge in [-0.3, -0.25) is 9.98 Å². The third-order valence-corrected chi connectivity index (χ3v) is 6.73. The van der Waals surface area contributed by atoms with Crippen molar-refractivity contribution >= 4 is 23.3 Å². The van der Waals surface area contributed by atoms with Crippen molar-refractivity contribution in [1.29, 1.82) is 0 Å². The lowest BCUT2D eigenvalue weighted by Gasteiger charge is -2.06. The second-order valence-corrected chi connectivity index (χ2v) is 9.83. The number of nitrogens with two attached hydrogens (primary N) is 1. The number of hydrogen-bond donors (Lipinski definition) is 1. The van der Waals surface area contributed by atoms with E-state index in [9.17, 15) is 0 Å². The summed E-state index contributed by atoms with van der Waals surface area (Å²) in [5, 5.41) is 0. The summed E-state index contributed by atoms with van der Waals surface area (Å²) in [5.41, 5.74) is 16.3. The first-order valence-electron chi connectivity index (χ1n) is 13.7. The lowest BCUT2D eigenvalue weighted by molar-refractivity contribution is 1.07. The van der Waals surface area contributed by atoms with Gasteiger partial charge in [-0.2, -0.15) is 0 Å². The van der Waals surface area contributed by atoms with Crippen molar-refractivity contribution < 1.29 is 0 Å². The Balaban J connectivity index is 1.35. The van der Waals surface area contributed by atoms with Crippen LogP contribution in [-0.2, 0) is 6.54 Å². The van der Waals surface area contributed by atoms with E-state index >= 15 is 0 Å². The monoisotopic (exact) mass is 531 g/mol. The molecule has 200 valence electrons. The predicted octanol–water partition coefficient (Wildman–Crippen LogP) is 9.43. The molecule has 41 heavy (non-hydrogen) atoms. The van der Waals surface area contributed by atoms with Gasteiger partial charge in [-0.15, -0.1) is 0 Å². The molecule has 3 nitrogen and oxygen atoms in total. The fourth-order valence-corrected chi connectivity index (χ4v) is 4.38. The van der Waals surface area contributed by atoms with Crippen molar-refractivity contribution in [1.82, 2.24) is 0 Å². The van der Waals surface area contributed by atoms with Crippen LogP contribution in [0.1, 0.15) is 16.7 Å². The zero-order chi connectivity index (χ0) is 28.3. The molecule has 5 aromatic rings. The third kappa shape index (κ3) is 7.87. The van der Waals surface area contributed by atoms with Crippen LogP contribution in [0.5, 0.6) is 0 Å². The Hall–Kier alpha value is -5.28. The molecular formula is C38H33N3. The molecule has 5 rings (SSSR count). The van der Waals surface area contributed by atoms with Gasteiger partial charge in [0, 0.05) is 11.3 Å². The molecule has 3 heteroatoms. The Bertz CT molecular complexity index is 1680. The van der Waals surface area contributed by atoms with Gasteiger partial charge in [-0.1, -0.05) is 133 Å². The quantitative estimate of drug-likeness (QED) is 0.165. The SMILES string of the molecule is Cc1cccccc(-c2ccc(/N=C/C(=N\Cc3ccc(-c4ccc(N)cc4)cc3)c3ccccc3)cc2)ccc1. The van der Waals surface area contributed by atoms with Crippen molar-refractivity contribution in [3.63, 3.8) is 0 Å². The predicted molar refractivity (Wildman–Crippen MR) is 175 cm³/mol. The van der Waals surface area contributed by atoms with Crippen LogP contribution in [0.4, 0.5) is 11.4 Å². The molecule has 0 aromatic heterocycles. The first kappa shape index (κ1) is 27.3. The van der Waals surface area contributed by atoms with Gasteiger partial charge in [0.2, 0.25) is 0 Å². The molecule has 0 heterocycles. The Labute approximate surface area is 242 Å². The highest BCUT2D eigenvalue weighted by atomic mass is 14.8. The molecule has 0 saturated heterocycles. The smallest absolute Gasteiger partial charge is 0.0833 e. The maximum Gasteiger partial charge on any atom is 0.0833 e. The molecule has 2 N–H and O–H groups in total. The van der Waals surface area contributed by atoms with Crippen molar-refractivity contribution in [3.8, 4) is 22.3 Å². The summed E-state index contributed by atoms with van der Waals surface area (Å²) in [5.74, 6) is 0. The van der Waals surface area contributed by atoms with E-state index < -0.39 is 0 Å². The number of nitrogen functional groups attached to an aromatic ring is 1. The molecule has 0 atom stereocenters. The Morgan fingerprint density at radius 3 is 1.76 bits per heavy atom. The van der Waals surface area contributed by atoms with Crippen molar-refractivity contribution in [3.05, 3.63) is 168 Å². The first-order valence-corrected chi connectivity index (χ1v) is 13.7. The zero-order valence-corrected chi connectivity index (χ0v) is 23.2. The summed E-state index contributed by atoms with van der Waals surface area (Å²) in [6, 6.07) is 51.6. The van der Waals surface area contributed by atoms with Crippen molar-refractivity contribution in [2.75, 3.05) is 5.73 Å². The van der Waals surface area contributed by atoms with E-state index in [0.29, 0.717) is 6.54 Å². The summed E-state index contributed by atoms with van der Waals surface area (Å²) in [7, 11) is 0. The van der Waals surface area contributed by atoms with Crippen molar-refractivity contribution in [2.24, 2.45) is 9.98 Å². The van der Waals surface area contributed by atoms with Crippen LogP contribution in [0.3, 0.4) is 0 Å². The second kappa shape index (κ2) is 13.7. The molecule has 0 saturated carbocycles. The molecule has 0 aliphatic carbocycles. The highest BCUT2D eigenvalue weighted by Gasteiger charge is 2.03. The summed E-state index contributed by atoms with van der Waals surface area (Å²) in [6.45, 7) is 2.66. The summed E-state index contributed by atoms with van der Waals surface area (Å²) in [6.07, 6.45) is 1.86. The highest BCUT2D eigenvalue weighted by molar-refractivity contribution is 6.38. The average molecular weight is 532 g/mol. The minimum absolute atomic E-state index is 0.564. The fourth-order valence-electron chi connectivity index (χ4n) is 4.38. The van der Waals surface area contributed by atoms with Gasteiger partial charge in [0.15, 0.2) is 0 Å². The highest BCUT2D eigenvalue weighted by Crippen LogP contribution is 2.23. The van der Waals surface area contributed by atoms with E-state index in [-0.39, 0.29) is 0 Å². The zero-order valence-electron chi connectivity index (χ0n) is 23.2. The van der Waals surface area contributed by atoms with E-state index in [2.05, 4.69) is 97.9 Å². The van der Waals surface area contributed by atoms with Crippen LogP contribution in [-0.4, -0.2) is 11.9 Å². The van der Waals surface area contributed by atoms with Gasteiger partial charge in [-0.25, -0.2) is 0 Å². The van der Waals surface area contributed by atoms with Crippen LogP contribution < -0.4 is 5.73 Å². The molecule has 0 aliphatic heterocycles. The molecule has 0 spiro atoms. The number of anilines is 1. The van der Waals surface area contributed by atoms with Crippen LogP contribution >= 0.6 is 0 Å². The van der Waals surface area contributed by atoms with Gasteiger partial charge >= 0.3 is 0 Å². The average Bonchev–Trinajstić information content (AvgIpc) is 3.02. The van der Waals surface area contributed by atoms with E-state index in [4.69, 9.17) is 15.7 Å². The topological polar surface area (TPSA) is 50.7 Å². The molecule has 0 radical (unpaired) electrons. The van der Waals surface area contributed by atoms with Crippen molar-refractivity contribution in [2.45, 2.75) is 13.5 Å². The summed E-state index contributed by atoms with van der Waals surface area (Å²) in [4.78, 5) is 9.72. The Morgan fingerprint density at radius 1 is 0.561 bits per heavy atom. The van der Waals surface area contributed by atoms with Crippen LogP contribution in [0.2, 0.25) is 0 Å². The standard InChI is InChI=1S/C38H33N3/c1-29-9-4-2-5-11-31(14-8-10-29)34-21-25-37(26-22-34)40-28-38(35-12-6-3-7-13-35)41-27-30-15-17-32(18-16-30)33-19-23-36(39)24-20-33/h2-26,28H,27,39H2,1H3/b4-2?,5-2?,9-4?,10-8?,11-5?,14-8?,29-9?,29-10?,31-11?,31-14?,40-28+,41-38+. The fraction of sp³-hybridized carbons (Fsp3) is 0.0526. The second-order valence-electron chi connectivity index (χ2n) is 9.83. The number of nitrogens with zero attached hydrogens (tertiary/aromatic N) is 2. The normalized spacial score (nSPS) is 11.3. The number of benzene rings is 4. The molecule has 0 unspecified atom stereocenters. The molecule has 0 aliphatic rings. The van der Waals surface area contributed by atoms with Crippen LogP contribution in [0.25, 0.3) is 22.3 Å². The lowest BCUT2D eigenvalue weighted by atomic mass is 10.0. The summed E-state index contributed by atoms with van der Waals surface area (Å²) >= 11 is 0. The van der Waals surface area contributed by atoms with E-state index in [0.717, 1.165) is 50.5 Å².